The molecule has 2 atom stereocenters. The van der Waals surface area contributed by atoms with Crippen molar-refractivity contribution in [3.05, 3.63) is 59.7 Å². The van der Waals surface area contributed by atoms with Crippen LogP contribution in [0, 0.1) is 11.8 Å². The summed E-state index contributed by atoms with van der Waals surface area (Å²) in [6, 6.07) is 16.3. The summed E-state index contributed by atoms with van der Waals surface area (Å²) in [5.74, 6) is -1.56. The summed E-state index contributed by atoms with van der Waals surface area (Å²) in [7, 11) is 0. The van der Waals surface area contributed by atoms with Crippen LogP contribution in [0.15, 0.2) is 48.5 Å². The number of aliphatic carboxylic acids is 1. The van der Waals surface area contributed by atoms with Gasteiger partial charge >= 0.3 is 12.1 Å². The van der Waals surface area contributed by atoms with E-state index < -0.39 is 23.5 Å². The molecule has 0 heterocycles. The van der Waals surface area contributed by atoms with Crippen LogP contribution in [0.2, 0.25) is 0 Å². The average Bonchev–Trinajstić information content (AvgIpc) is 3.59. The predicted octanol–water partition coefficient (Wildman–Crippen LogP) is 4.46. The van der Waals surface area contributed by atoms with Gasteiger partial charge in [0.2, 0.25) is 5.91 Å². The number of alkyl carbamates (subject to hydrolysis) is 1. The number of carbonyl (C=O) groups excluding carboxylic acids is 2. The van der Waals surface area contributed by atoms with E-state index in [9.17, 15) is 19.5 Å². The topological polar surface area (TPSA) is 105 Å². The van der Waals surface area contributed by atoms with Crippen LogP contribution in [-0.4, -0.2) is 41.8 Å². The van der Waals surface area contributed by atoms with Crippen molar-refractivity contribution < 1.29 is 24.2 Å². The number of benzene rings is 2. The first-order chi connectivity index (χ1) is 17.0. The number of carbonyl (C=O) groups is 3. The molecule has 3 N–H and O–H groups in total. The Labute approximate surface area is 205 Å². The molecule has 2 fully saturated rings. The second-order valence-corrected chi connectivity index (χ2v) is 10.1. The third kappa shape index (κ3) is 4.51. The van der Waals surface area contributed by atoms with Crippen molar-refractivity contribution in [3.63, 3.8) is 0 Å². The zero-order valence-electron chi connectivity index (χ0n) is 19.8. The molecule has 184 valence electrons. The van der Waals surface area contributed by atoms with Gasteiger partial charge < -0.3 is 20.5 Å². The standard InChI is InChI=1S/C28H32N2O5/c31-25(32)19-13-7-8-18(19)16-29-26(33)28(14-5-6-15-28)30-27(34)35-17-24-22-11-3-1-9-20(22)21-10-2-4-12-23(21)24/h1-4,9-12,18-19,24H,5-8,13-17H2,(H,29,33)(H,30,34)(H,31,32). The fourth-order valence-corrected chi connectivity index (χ4v) is 6.22. The van der Waals surface area contributed by atoms with Gasteiger partial charge in [0.1, 0.15) is 12.1 Å². The molecule has 0 spiro atoms. The molecule has 0 radical (unpaired) electrons. The summed E-state index contributed by atoms with van der Waals surface area (Å²) in [5.41, 5.74) is 3.60. The lowest BCUT2D eigenvalue weighted by Gasteiger charge is -2.30. The van der Waals surface area contributed by atoms with Crippen molar-refractivity contribution in [2.75, 3.05) is 13.2 Å². The molecule has 2 amide bonds. The van der Waals surface area contributed by atoms with E-state index >= 15 is 0 Å². The lowest BCUT2D eigenvalue weighted by Crippen LogP contribution is -2.58. The van der Waals surface area contributed by atoms with Crippen LogP contribution in [0.5, 0.6) is 0 Å². The zero-order valence-corrected chi connectivity index (χ0v) is 19.8. The Morgan fingerprint density at radius 2 is 1.54 bits per heavy atom. The number of rotatable bonds is 7. The molecule has 35 heavy (non-hydrogen) atoms. The Morgan fingerprint density at radius 1 is 0.914 bits per heavy atom. The molecule has 0 saturated heterocycles. The predicted molar refractivity (Wildman–Crippen MR) is 131 cm³/mol. The maximum Gasteiger partial charge on any atom is 0.408 e. The molecule has 0 aliphatic heterocycles. The Bertz CT molecular complexity index is 1080. The fourth-order valence-electron chi connectivity index (χ4n) is 6.22. The first-order valence-electron chi connectivity index (χ1n) is 12.6. The molecule has 2 saturated carbocycles. The van der Waals surface area contributed by atoms with Crippen molar-refractivity contribution in [2.45, 2.75) is 56.4 Å². The number of fused-ring (bicyclic) bond motifs is 3. The Morgan fingerprint density at radius 3 is 2.17 bits per heavy atom. The first-order valence-corrected chi connectivity index (χ1v) is 12.6. The molecule has 2 aromatic rings. The van der Waals surface area contributed by atoms with Gasteiger partial charge in [0, 0.05) is 12.5 Å². The van der Waals surface area contributed by atoms with Gasteiger partial charge in [0.15, 0.2) is 0 Å². The molecular weight excluding hydrogens is 444 g/mol. The second-order valence-electron chi connectivity index (χ2n) is 10.1. The van der Waals surface area contributed by atoms with Crippen LogP contribution in [0.4, 0.5) is 4.79 Å². The van der Waals surface area contributed by atoms with Gasteiger partial charge in [-0.1, -0.05) is 67.8 Å². The van der Waals surface area contributed by atoms with Crippen molar-refractivity contribution in [1.82, 2.24) is 10.6 Å². The second kappa shape index (κ2) is 9.72. The van der Waals surface area contributed by atoms with Crippen LogP contribution >= 0.6 is 0 Å². The summed E-state index contributed by atoms with van der Waals surface area (Å²) in [6.07, 6.45) is 4.51. The van der Waals surface area contributed by atoms with E-state index in [0.717, 1.165) is 47.9 Å². The van der Waals surface area contributed by atoms with E-state index in [1.807, 2.05) is 24.3 Å². The van der Waals surface area contributed by atoms with Gasteiger partial charge in [-0.15, -0.1) is 0 Å². The van der Waals surface area contributed by atoms with E-state index in [0.29, 0.717) is 25.8 Å². The number of nitrogens with one attached hydrogen (secondary N) is 2. The minimum absolute atomic E-state index is 0.0446. The van der Waals surface area contributed by atoms with E-state index in [1.165, 1.54) is 0 Å². The van der Waals surface area contributed by atoms with Crippen LogP contribution in [0.3, 0.4) is 0 Å². The van der Waals surface area contributed by atoms with Crippen molar-refractivity contribution in [2.24, 2.45) is 11.8 Å². The van der Waals surface area contributed by atoms with Gasteiger partial charge in [-0.25, -0.2) is 4.79 Å². The summed E-state index contributed by atoms with van der Waals surface area (Å²) >= 11 is 0. The lowest BCUT2D eigenvalue weighted by atomic mass is 9.93. The highest BCUT2D eigenvalue weighted by atomic mass is 16.5. The van der Waals surface area contributed by atoms with Crippen LogP contribution < -0.4 is 10.6 Å². The highest BCUT2D eigenvalue weighted by Crippen LogP contribution is 2.44. The van der Waals surface area contributed by atoms with E-state index in [-0.39, 0.29) is 24.3 Å². The van der Waals surface area contributed by atoms with Crippen LogP contribution in [-0.2, 0) is 14.3 Å². The minimum Gasteiger partial charge on any atom is -0.481 e. The summed E-state index contributed by atoms with van der Waals surface area (Å²) in [5, 5.41) is 15.2. The van der Waals surface area contributed by atoms with E-state index in [2.05, 4.69) is 34.9 Å². The average molecular weight is 477 g/mol. The highest BCUT2D eigenvalue weighted by molar-refractivity contribution is 5.90. The number of carboxylic acids is 1. The molecule has 7 nitrogen and oxygen atoms in total. The minimum atomic E-state index is -1.00. The van der Waals surface area contributed by atoms with Crippen molar-refractivity contribution in [1.29, 1.82) is 0 Å². The van der Waals surface area contributed by atoms with Gasteiger partial charge in [-0.3, -0.25) is 9.59 Å². The molecule has 5 rings (SSSR count). The van der Waals surface area contributed by atoms with Gasteiger partial charge in [0.05, 0.1) is 5.92 Å². The number of hydrogen-bond acceptors (Lipinski definition) is 4. The Hall–Kier alpha value is -3.35. The zero-order chi connectivity index (χ0) is 24.4. The lowest BCUT2D eigenvalue weighted by molar-refractivity contribution is -0.143. The van der Waals surface area contributed by atoms with Crippen LogP contribution in [0.25, 0.3) is 11.1 Å². The molecule has 2 aromatic carbocycles. The summed E-state index contributed by atoms with van der Waals surface area (Å²) in [6.45, 7) is 0.518. The SMILES string of the molecule is O=C(NC1(C(=O)NCC2CCCC2C(=O)O)CCCC1)OCC1c2ccccc2-c2ccccc21. The number of carboxylic acid groups (broad SMARTS) is 1. The number of ether oxygens (including phenoxy) is 1. The number of amides is 2. The molecular formula is C28H32N2O5. The fraction of sp³-hybridized carbons (Fsp3) is 0.464. The third-order valence-electron chi connectivity index (χ3n) is 8.08. The summed E-state index contributed by atoms with van der Waals surface area (Å²) in [4.78, 5) is 37.6. The van der Waals surface area contributed by atoms with Gasteiger partial charge in [-0.2, -0.15) is 0 Å². The monoisotopic (exact) mass is 476 g/mol. The molecule has 7 heteroatoms. The van der Waals surface area contributed by atoms with Crippen LogP contribution in [0.1, 0.15) is 62.0 Å². The largest absolute Gasteiger partial charge is 0.481 e. The smallest absolute Gasteiger partial charge is 0.408 e. The normalized spacial score (nSPS) is 22.3. The van der Waals surface area contributed by atoms with E-state index in [4.69, 9.17) is 4.74 Å². The maximum atomic E-state index is 13.2. The quantitative estimate of drug-likeness (QED) is 0.547. The van der Waals surface area contributed by atoms with Crippen molar-refractivity contribution >= 4 is 18.0 Å². The number of hydrogen-bond donors (Lipinski definition) is 3. The van der Waals surface area contributed by atoms with E-state index in [1.54, 1.807) is 0 Å². The molecule has 0 bridgehead atoms. The van der Waals surface area contributed by atoms with Gasteiger partial charge in [-0.05, 0) is 53.9 Å². The summed E-state index contributed by atoms with van der Waals surface area (Å²) < 4.78 is 5.70. The first kappa shape index (κ1) is 23.4. The van der Waals surface area contributed by atoms with Crippen molar-refractivity contribution in [3.8, 4) is 11.1 Å². The maximum absolute atomic E-state index is 13.2. The Kier molecular flexibility index (Phi) is 6.50. The molecule has 2 unspecified atom stereocenters. The highest BCUT2D eigenvalue weighted by Gasteiger charge is 2.44. The molecule has 3 aliphatic carbocycles. The third-order valence-corrected chi connectivity index (χ3v) is 8.08. The molecule has 0 aromatic heterocycles. The molecule has 3 aliphatic rings. The Balaban J connectivity index is 1.22. The van der Waals surface area contributed by atoms with Gasteiger partial charge in [0.25, 0.3) is 0 Å².